The molecule has 2 N–H and O–H groups in total. The number of anilines is 1. The molecule has 1 saturated carbocycles. The van der Waals surface area contributed by atoms with Crippen molar-refractivity contribution in [2.75, 3.05) is 11.6 Å². The molecule has 8 heteroatoms. The van der Waals surface area contributed by atoms with Gasteiger partial charge in [0.2, 0.25) is 0 Å². The Morgan fingerprint density at radius 3 is 2.57 bits per heavy atom. The van der Waals surface area contributed by atoms with Crippen LogP contribution in [-0.2, 0) is 10.0 Å². The van der Waals surface area contributed by atoms with E-state index in [1.807, 2.05) is 0 Å². The van der Waals surface area contributed by atoms with Crippen molar-refractivity contribution in [1.29, 1.82) is 0 Å². The Kier molecular flexibility index (Phi) is 7.10. The number of hydrogen-bond acceptors (Lipinski definition) is 6. The molecule has 1 aliphatic carbocycles. The Balaban J connectivity index is 2.17. The van der Waals surface area contributed by atoms with E-state index in [4.69, 9.17) is 12.2 Å². The van der Waals surface area contributed by atoms with Gasteiger partial charge in [-0.15, -0.1) is 0 Å². The van der Waals surface area contributed by atoms with E-state index in [-0.39, 0.29) is 9.22 Å². The van der Waals surface area contributed by atoms with Crippen LogP contribution in [0.2, 0.25) is 0 Å². The van der Waals surface area contributed by atoms with E-state index in [0.29, 0.717) is 11.7 Å². The number of nitrogens with zero attached hydrogens (tertiary/aromatic N) is 1. The normalized spacial score (nSPS) is 17.1. The second-order valence-corrected chi connectivity index (χ2v) is 8.79. The van der Waals surface area contributed by atoms with Gasteiger partial charge in [-0.25, -0.2) is 8.42 Å². The van der Waals surface area contributed by atoms with Gasteiger partial charge in [0.15, 0.2) is 0 Å². The summed E-state index contributed by atoms with van der Waals surface area (Å²) in [6.07, 6.45) is 13.0. The summed E-state index contributed by atoms with van der Waals surface area (Å²) in [7, 11) is -3.71. The van der Waals surface area contributed by atoms with Gasteiger partial charge >= 0.3 is 0 Å². The number of sulfonamides is 1. The standard InChI is InChI=1S/C15H23N3O2S3/c1-22-15(21)18-23(19,20)14-11-16-10-9-13(14)17-12-7-5-3-2-4-6-8-12/h9-12H,2-8H2,1H3,(H,16,17)(H,18,21). The summed E-state index contributed by atoms with van der Waals surface area (Å²) in [4.78, 5) is 4.11. The molecule has 0 aliphatic heterocycles. The van der Waals surface area contributed by atoms with Crippen LogP contribution >= 0.6 is 24.0 Å². The second-order valence-electron chi connectivity index (χ2n) is 5.66. The van der Waals surface area contributed by atoms with Gasteiger partial charge in [-0.1, -0.05) is 56.1 Å². The summed E-state index contributed by atoms with van der Waals surface area (Å²) in [5, 5.41) is 3.41. The highest BCUT2D eigenvalue weighted by Crippen LogP contribution is 2.25. The van der Waals surface area contributed by atoms with Crippen molar-refractivity contribution in [1.82, 2.24) is 9.71 Å². The van der Waals surface area contributed by atoms with Gasteiger partial charge < -0.3 is 5.32 Å². The summed E-state index contributed by atoms with van der Waals surface area (Å²) in [6, 6.07) is 2.02. The first-order valence-electron chi connectivity index (χ1n) is 7.84. The third kappa shape index (κ3) is 5.61. The molecule has 0 spiro atoms. The molecule has 1 fully saturated rings. The molecule has 128 valence electrons. The van der Waals surface area contributed by atoms with E-state index < -0.39 is 10.0 Å². The zero-order valence-corrected chi connectivity index (χ0v) is 15.7. The molecule has 2 rings (SSSR count). The van der Waals surface area contributed by atoms with Gasteiger partial charge in [0, 0.05) is 18.4 Å². The molecular weight excluding hydrogens is 350 g/mol. The number of thiocarbonyl (C=S) groups is 1. The smallest absolute Gasteiger partial charge is 0.266 e. The van der Waals surface area contributed by atoms with E-state index >= 15 is 0 Å². The van der Waals surface area contributed by atoms with Crippen molar-refractivity contribution in [3.8, 4) is 0 Å². The molecule has 1 aromatic heterocycles. The molecule has 1 heterocycles. The van der Waals surface area contributed by atoms with E-state index in [9.17, 15) is 8.42 Å². The minimum atomic E-state index is -3.71. The quantitative estimate of drug-likeness (QED) is 0.787. The minimum Gasteiger partial charge on any atom is -0.381 e. The second kappa shape index (κ2) is 8.84. The van der Waals surface area contributed by atoms with E-state index in [1.54, 1.807) is 18.5 Å². The number of rotatable bonds is 4. The van der Waals surface area contributed by atoms with Crippen molar-refractivity contribution < 1.29 is 8.42 Å². The van der Waals surface area contributed by atoms with Crippen molar-refractivity contribution in [3.05, 3.63) is 18.5 Å². The molecular formula is C15H23N3O2S3. The van der Waals surface area contributed by atoms with Gasteiger partial charge in [0.25, 0.3) is 10.0 Å². The van der Waals surface area contributed by atoms with Crippen molar-refractivity contribution in [3.63, 3.8) is 0 Å². The lowest BCUT2D eigenvalue weighted by atomic mass is 9.96. The Labute approximate surface area is 148 Å². The molecule has 1 aliphatic rings. The zero-order chi connectivity index (χ0) is 16.7. The molecule has 23 heavy (non-hydrogen) atoms. The number of pyridine rings is 1. The highest BCUT2D eigenvalue weighted by Gasteiger charge is 2.22. The molecule has 0 aromatic carbocycles. The molecule has 0 unspecified atom stereocenters. The first-order chi connectivity index (χ1) is 11.0. The van der Waals surface area contributed by atoms with E-state index in [0.717, 1.165) is 12.8 Å². The zero-order valence-electron chi connectivity index (χ0n) is 13.2. The van der Waals surface area contributed by atoms with Gasteiger partial charge in [0.05, 0.1) is 5.69 Å². The van der Waals surface area contributed by atoms with Crippen LogP contribution in [0.4, 0.5) is 5.69 Å². The predicted octanol–water partition coefficient (Wildman–Crippen LogP) is 3.53. The number of nitrogens with one attached hydrogen (secondary N) is 2. The molecule has 0 radical (unpaired) electrons. The molecule has 0 saturated heterocycles. The Morgan fingerprint density at radius 2 is 1.91 bits per heavy atom. The number of hydrogen-bond donors (Lipinski definition) is 2. The average Bonchev–Trinajstić information content (AvgIpc) is 2.49. The SMILES string of the molecule is CSC(=S)NS(=O)(=O)c1cnccc1NC1CCCCCCC1. The van der Waals surface area contributed by atoms with Gasteiger partial charge in [0.1, 0.15) is 9.22 Å². The summed E-state index contributed by atoms with van der Waals surface area (Å²) in [5.41, 5.74) is 0.599. The van der Waals surface area contributed by atoms with Gasteiger partial charge in [-0.2, -0.15) is 0 Å². The van der Waals surface area contributed by atoms with Gasteiger partial charge in [-0.3, -0.25) is 9.71 Å². The van der Waals surface area contributed by atoms with Crippen LogP contribution in [0, 0.1) is 0 Å². The lowest BCUT2D eigenvalue weighted by molar-refractivity contribution is 0.471. The van der Waals surface area contributed by atoms with Crippen LogP contribution in [0.25, 0.3) is 0 Å². The summed E-state index contributed by atoms with van der Waals surface area (Å²) in [6.45, 7) is 0. The molecule has 1 aromatic rings. The first-order valence-corrected chi connectivity index (χ1v) is 11.0. The van der Waals surface area contributed by atoms with Crippen LogP contribution < -0.4 is 10.0 Å². The maximum Gasteiger partial charge on any atom is 0.266 e. The first kappa shape index (κ1) is 18.5. The molecule has 0 atom stereocenters. The lowest BCUT2D eigenvalue weighted by Crippen LogP contribution is -2.29. The molecule has 0 bridgehead atoms. The fourth-order valence-electron chi connectivity index (χ4n) is 2.74. The third-order valence-electron chi connectivity index (χ3n) is 3.94. The van der Waals surface area contributed by atoms with Crippen molar-refractivity contribution in [2.24, 2.45) is 0 Å². The number of aromatic nitrogens is 1. The minimum absolute atomic E-state index is 0.151. The topological polar surface area (TPSA) is 71.1 Å². The number of thioether (sulfide) groups is 1. The maximum atomic E-state index is 12.5. The fourth-order valence-corrected chi connectivity index (χ4v) is 4.68. The largest absolute Gasteiger partial charge is 0.381 e. The summed E-state index contributed by atoms with van der Waals surface area (Å²) >= 11 is 6.17. The van der Waals surface area contributed by atoms with Crippen LogP contribution in [0.15, 0.2) is 23.4 Å². The highest BCUT2D eigenvalue weighted by molar-refractivity contribution is 8.23. The Hall–Kier alpha value is -0.860. The average molecular weight is 374 g/mol. The highest BCUT2D eigenvalue weighted by atomic mass is 32.2. The molecule has 5 nitrogen and oxygen atoms in total. The Morgan fingerprint density at radius 1 is 1.26 bits per heavy atom. The van der Waals surface area contributed by atoms with Crippen LogP contribution in [0.5, 0.6) is 0 Å². The lowest BCUT2D eigenvalue weighted by Gasteiger charge is -2.23. The van der Waals surface area contributed by atoms with Gasteiger partial charge in [-0.05, 0) is 25.2 Å². The maximum absolute atomic E-state index is 12.5. The fraction of sp³-hybridized carbons (Fsp3) is 0.600. The van der Waals surface area contributed by atoms with E-state index in [1.165, 1.54) is 50.1 Å². The van der Waals surface area contributed by atoms with Crippen LogP contribution in [0.3, 0.4) is 0 Å². The Bertz CT molecular complexity index is 627. The molecule has 0 amide bonds. The van der Waals surface area contributed by atoms with Crippen LogP contribution in [-0.4, -0.2) is 30.0 Å². The summed E-state index contributed by atoms with van der Waals surface area (Å²) < 4.78 is 27.6. The third-order valence-corrected chi connectivity index (χ3v) is 6.65. The summed E-state index contributed by atoms with van der Waals surface area (Å²) in [5.74, 6) is 0. The monoisotopic (exact) mass is 373 g/mol. The van der Waals surface area contributed by atoms with E-state index in [2.05, 4.69) is 15.0 Å². The van der Waals surface area contributed by atoms with Crippen molar-refractivity contribution >= 4 is 44.0 Å². The van der Waals surface area contributed by atoms with Crippen molar-refractivity contribution in [2.45, 2.75) is 55.9 Å². The predicted molar refractivity (Wildman–Crippen MR) is 100 cm³/mol. The van der Waals surface area contributed by atoms with Crippen LogP contribution in [0.1, 0.15) is 44.9 Å².